The van der Waals surface area contributed by atoms with Crippen molar-refractivity contribution >= 4 is 27.4 Å². The minimum atomic E-state index is 0.576. The first kappa shape index (κ1) is 12.6. The number of anilines is 1. The second kappa shape index (κ2) is 5.04. The number of aromatic nitrogens is 4. The molecule has 0 amide bonds. The number of fused-ring (bicyclic) bond motifs is 3. The van der Waals surface area contributed by atoms with E-state index in [1.54, 1.807) is 29.8 Å². The van der Waals surface area contributed by atoms with Crippen LogP contribution in [0.4, 0.5) is 5.82 Å². The zero-order valence-corrected chi connectivity index (χ0v) is 12.6. The Balaban J connectivity index is 1.95. The predicted molar refractivity (Wildman–Crippen MR) is 84.6 cm³/mol. The van der Waals surface area contributed by atoms with Crippen LogP contribution >= 0.6 is 11.3 Å². The molecule has 4 rings (SSSR count). The van der Waals surface area contributed by atoms with Crippen LogP contribution in [0.3, 0.4) is 0 Å². The van der Waals surface area contributed by atoms with E-state index in [0.29, 0.717) is 11.6 Å². The summed E-state index contributed by atoms with van der Waals surface area (Å²) in [5.41, 5.74) is 1.44. The molecule has 3 aromatic heterocycles. The number of nitrogens with one attached hydrogen (secondary N) is 1. The van der Waals surface area contributed by atoms with Crippen LogP contribution in [0.25, 0.3) is 21.9 Å². The number of hydrogen-bond acceptors (Lipinski definition) is 6. The molecule has 0 bridgehead atoms. The Morgan fingerprint density at radius 1 is 1.14 bits per heavy atom. The molecule has 21 heavy (non-hydrogen) atoms. The lowest BCUT2D eigenvalue weighted by atomic mass is 10.2. The summed E-state index contributed by atoms with van der Waals surface area (Å²) in [4.78, 5) is 20.4. The number of nitrogens with zero attached hydrogens (tertiary/aromatic N) is 4. The molecule has 0 saturated heterocycles. The average molecular weight is 297 g/mol. The van der Waals surface area contributed by atoms with Gasteiger partial charge in [-0.2, -0.15) is 0 Å². The highest BCUT2D eigenvalue weighted by molar-refractivity contribution is 7.19. The summed E-state index contributed by atoms with van der Waals surface area (Å²) >= 11 is 1.79. The van der Waals surface area contributed by atoms with Crippen LogP contribution in [0.1, 0.15) is 23.8 Å². The Bertz CT molecular complexity index is 797. The van der Waals surface area contributed by atoms with Gasteiger partial charge in [-0.15, -0.1) is 11.3 Å². The molecule has 0 radical (unpaired) electrons. The first-order chi connectivity index (χ1) is 10.4. The molecule has 3 aromatic rings. The van der Waals surface area contributed by atoms with Crippen LogP contribution < -0.4 is 5.32 Å². The first-order valence-electron chi connectivity index (χ1n) is 7.20. The second-order valence-electron chi connectivity index (χ2n) is 5.04. The number of thiophene rings is 1. The van der Waals surface area contributed by atoms with Crippen molar-refractivity contribution < 1.29 is 0 Å². The fourth-order valence-electron chi connectivity index (χ4n) is 2.81. The maximum Gasteiger partial charge on any atom is 0.201 e. The normalized spacial score (nSPS) is 13.6. The standard InChI is InChI=1S/C15H15N5S/c1-2-16-12-11-9-5-3-6-10(9)21-15(11)20-14(19-12)13-17-7-4-8-18-13/h4,7-8H,2-3,5-6H2,1H3,(H,16,19,20). The highest BCUT2D eigenvalue weighted by atomic mass is 32.1. The van der Waals surface area contributed by atoms with Crippen molar-refractivity contribution in [1.82, 2.24) is 19.9 Å². The van der Waals surface area contributed by atoms with Gasteiger partial charge in [0.2, 0.25) is 5.82 Å². The van der Waals surface area contributed by atoms with Crippen LogP contribution in [0.5, 0.6) is 0 Å². The molecule has 0 unspecified atom stereocenters. The van der Waals surface area contributed by atoms with Gasteiger partial charge in [-0.25, -0.2) is 19.9 Å². The minimum Gasteiger partial charge on any atom is -0.370 e. The summed E-state index contributed by atoms with van der Waals surface area (Å²) in [6, 6.07) is 1.80. The molecule has 6 heteroatoms. The quantitative estimate of drug-likeness (QED) is 0.805. The van der Waals surface area contributed by atoms with Crippen molar-refractivity contribution in [3.05, 3.63) is 28.9 Å². The molecule has 0 fully saturated rings. The van der Waals surface area contributed by atoms with Gasteiger partial charge in [0.25, 0.3) is 0 Å². The Labute approximate surface area is 126 Å². The van der Waals surface area contributed by atoms with E-state index in [1.165, 1.54) is 28.7 Å². The van der Waals surface area contributed by atoms with E-state index in [1.807, 2.05) is 0 Å². The maximum atomic E-state index is 4.69. The van der Waals surface area contributed by atoms with E-state index in [9.17, 15) is 0 Å². The van der Waals surface area contributed by atoms with Crippen molar-refractivity contribution in [2.24, 2.45) is 0 Å². The molecule has 3 heterocycles. The van der Waals surface area contributed by atoms with E-state index in [0.717, 1.165) is 23.6 Å². The zero-order valence-electron chi connectivity index (χ0n) is 11.8. The first-order valence-corrected chi connectivity index (χ1v) is 8.02. The van der Waals surface area contributed by atoms with Gasteiger partial charge in [-0.05, 0) is 37.8 Å². The molecule has 5 nitrogen and oxygen atoms in total. The Hall–Kier alpha value is -2.08. The Morgan fingerprint density at radius 3 is 2.81 bits per heavy atom. The summed E-state index contributed by atoms with van der Waals surface area (Å²) in [5.74, 6) is 2.09. The molecular weight excluding hydrogens is 282 g/mol. The third-order valence-corrected chi connectivity index (χ3v) is 4.86. The predicted octanol–water partition coefficient (Wildman–Crippen LogP) is 3.07. The van der Waals surface area contributed by atoms with Gasteiger partial charge in [0.1, 0.15) is 10.6 Å². The zero-order chi connectivity index (χ0) is 14.2. The number of rotatable bonds is 3. The van der Waals surface area contributed by atoms with Gasteiger partial charge in [-0.1, -0.05) is 0 Å². The fraction of sp³-hybridized carbons (Fsp3) is 0.333. The van der Waals surface area contributed by atoms with Crippen molar-refractivity contribution in [1.29, 1.82) is 0 Å². The second-order valence-corrected chi connectivity index (χ2v) is 6.12. The smallest absolute Gasteiger partial charge is 0.201 e. The molecule has 1 aliphatic rings. The van der Waals surface area contributed by atoms with Gasteiger partial charge in [0.05, 0.1) is 5.39 Å². The minimum absolute atomic E-state index is 0.576. The summed E-state index contributed by atoms with van der Waals surface area (Å²) in [5, 5.41) is 4.58. The summed E-state index contributed by atoms with van der Waals surface area (Å²) < 4.78 is 0. The Morgan fingerprint density at radius 2 is 2.00 bits per heavy atom. The molecule has 0 aromatic carbocycles. The van der Waals surface area contributed by atoms with Crippen molar-refractivity contribution in [3.63, 3.8) is 0 Å². The van der Waals surface area contributed by atoms with Crippen molar-refractivity contribution in [3.8, 4) is 11.6 Å². The van der Waals surface area contributed by atoms with E-state index < -0.39 is 0 Å². The van der Waals surface area contributed by atoms with Gasteiger partial charge in [0.15, 0.2) is 5.82 Å². The van der Waals surface area contributed by atoms with Gasteiger partial charge in [0, 0.05) is 23.8 Å². The third kappa shape index (κ3) is 2.06. The number of aryl methyl sites for hydroxylation is 2. The topological polar surface area (TPSA) is 63.6 Å². The van der Waals surface area contributed by atoms with Crippen LogP contribution in [0.2, 0.25) is 0 Å². The van der Waals surface area contributed by atoms with Crippen LogP contribution in [-0.2, 0) is 12.8 Å². The molecular formula is C15H15N5S. The highest BCUT2D eigenvalue weighted by Gasteiger charge is 2.22. The van der Waals surface area contributed by atoms with Gasteiger partial charge < -0.3 is 5.32 Å². The summed E-state index contributed by atoms with van der Waals surface area (Å²) in [6.07, 6.45) is 6.98. The summed E-state index contributed by atoms with van der Waals surface area (Å²) in [6.45, 7) is 2.92. The lowest BCUT2D eigenvalue weighted by molar-refractivity contribution is 0.917. The molecule has 1 aliphatic carbocycles. The molecule has 0 spiro atoms. The Kier molecular flexibility index (Phi) is 3.03. The van der Waals surface area contributed by atoms with Gasteiger partial charge in [-0.3, -0.25) is 0 Å². The molecule has 106 valence electrons. The lowest BCUT2D eigenvalue weighted by Gasteiger charge is -2.07. The van der Waals surface area contributed by atoms with E-state index in [4.69, 9.17) is 4.98 Å². The van der Waals surface area contributed by atoms with Crippen LogP contribution in [0.15, 0.2) is 18.5 Å². The van der Waals surface area contributed by atoms with Crippen molar-refractivity contribution in [2.75, 3.05) is 11.9 Å². The monoisotopic (exact) mass is 297 g/mol. The summed E-state index contributed by atoms with van der Waals surface area (Å²) in [7, 11) is 0. The molecule has 0 aliphatic heterocycles. The largest absolute Gasteiger partial charge is 0.370 e. The van der Waals surface area contributed by atoms with Crippen molar-refractivity contribution in [2.45, 2.75) is 26.2 Å². The lowest BCUT2D eigenvalue weighted by Crippen LogP contribution is -2.04. The third-order valence-electron chi connectivity index (χ3n) is 3.67. The van der Waals surface area contributed by atoms with Crippen LogP contribution in [0, 0.1) is 0 Å². The SMILES string of the molecule is CCNc1nc(-c2ncccn2)nc2sc3c(c12)CCC3. The fourth-order valence-corrected chi connectivity index (χ4v) is 4.07. The molecule has 1 N–H and O–H groups in total. The van der Waals surface area contributed by atoms with Gasteiger partial charge >= 0.3 is 0 Å². The highest BCUT2D eigenvalue weighted by Crippen LogP contribution is 2.40. The molecule has 0 saturated carbocycles. The van der Waals surface area contributed by atoms with E-state index in [-0.39, 0.29) is 0 Å². The van der Waals surface area contributed by atoms with E-state index >= 15 is 0 Å². The number of hydrogen-bond donors (Lipinski definition) is 1. The maximum absolute atomic E-state index is 4.69. The average Bonchev–Trinajstić information content (AvgIpc) is 3.08. The van der Waals surface area contributed by atoms with Crippen LogP contribution in [-0.4, -0.2) is 26.5 Å². The van der Waals surface area contributed by atoms with E-state index in [2.05, 4.69) is 27.2 Å². The molecule has 0 atom stereocenters.